The number of pyridine rings is 3. The number of nitriles is 2. The topological polar surface area (TPSA) is 126 Å². The lowest BCUT2D eigenvalue weighted by Crippen LogP contribution is -2.44. The molecule has 0 saturated carbocycles. The summed E-state index contributed by atoms with van der Waals surface area (Å²) in [6, 6.07) is 99.5. The summed E-state index contributed by atoms with van der Waals surface area (Å²) in [6.45, 7) is 17.8. The Labute approximate surface area is 647 Å². The average Bonchev–Trinajstić information content (AvgIpc) is 0.700. The standard InChI is InChI=1S/C42H28.C30H35N3O.3C9H7NO.Al/c1-5-17-29(18-6-1)37-33-25-13-14-26-34(33)39(31-21-9-3-10-22-31)42-40(32-23-11-4-12-24-32)36-28-16-15-27-35(36)38(41(37)42)30-19-7-2-8-20-30;1-28(2,3)26-17-21(22(18-31)19-32)16-23(34-26)9-8-20-14-24-27-25(15-20)30(6,7)11-13-33(27)12-10-29(24,4)5;3*11-8-5-1-3-7-4-2-6-10-9(7)8;/h1-28H;8-9,14-17H,10-13H2,1-7H3;3*1-6,11H;/q;;;;;+3/p-3/b;9-8+;;;;. The van der Waals surface area contributed by atoms with E-state index in [0.717, 1.165) is 70.0 Å². The van der Waals surface area contributed by atoms with E-state index < -0.39 is 15.1 Å². The molecule has 6 heterocycles. The highest BCUT2D eigenvalue weighted by Crippen LogP contribution is 2.55. The van der Waals surface area contributed by atoms with Gasteiger partial charge in [0, 0.05) is 64.5 Å². The van der Waals surface area contributed by atoms with Gasteiger partial charge in [-0.3, -0.25) is 15.0 Å². The van der Waals surface area contributed by atoms with Crippen LogP contribution in [0.1, 0.15) is 78.0 Å². The highest BCUT2D eigenvalue weighted by atomic mass is 27.3. The number of anilines is 1. The fourth-order valence-electron chi connectivity index (χ4n) is 15.7. The molecule has 0 N–H and O–H groups in total. The number of hydrogen-bond acceptors (Lipinski definition) is 10. The molecule has 110 heavy (non-hydrogen) atoms. The lowest BCUT2D eigenvalue weighted by molar-refractivity contribution is 0.223. The molecule has 0 bridgehead atoms. The van der Waals surface area contributed by atoms with Gasteiger partial charge in [-0.25, -0.2) is 0 Å². The van der Waals surface area contributed by atoms with Gasteiger partial charge in [0.25, 0.3) is 0 Å². The molecule has 10 nitrogen and oxygen atoms in total. The van der Waals surface area contributed by atoms with Crippen LogP contribution < -0.4 is 16.3 Å². The van der Waals surface area contributed by atoms with Crippen LogP contribution in [0.5, 0.6) is 17.2 Å². The van der Waals surface area contributed by atoms with Gasteiger partial charge in [-0.15, -0.1) is 0 Å². The summed E-state index contributed by atoms with van der Waals surface area (Å²) < 4.78 is 25.4. The van der Waals surface area contributed by atoms with Crippen molar-refractivity contribution >= 4 is 91.9 Å². The second kappa shape index (κ2) is 30.4. The van der Waals surface area contributed by atoms with Gasteiger partial charge in [-0.1, -0.05) is 279 Å². The van der Waals surface area contributed by atoms with Gasteiger partial charge in [0.1, 0.15) is 63.0 Å². The molecule has 0 aliphatic carbocycles. The molecule has 0 radical (unpaired) electrons. The quantitative estimate of drug-likeness (QED) is 0.0663. The molecule has 11 heteroatoms. The van der Waals surface area contributed by atoms with E-state index in [-0.39, 0.29) is 21.8 Å². The summed E-state index contributed by atoms with van der Waals surface area (Å²) in [6.07, 6.45) is 15.2. The monoisotopic (exact) mass is 1440 g/mol. The molecule has 0 saturated heterocycles. The van der Waals surface area contributed by atoms with E-state index in [1.165, 1.54) is 93.6 Å². The maximum atomic E-state index is 9.41. The minimum Gasteiger partial charge on any atom is -0.576 e. The van der Waals surface area contributed by atoms with Crippen LogP contribution in [-0.2, 0) is 15.6 Å². The summed E-state index contributed by atoms with van der Waals surface area (Å²) in [5.41, 5.74) is 18.4. The molecular weight excluding hydrogens is 1360 g/mol. The minimum atomic E-state index is -2.86. The summed E-state index contributed by atoms with van der Waals surface area (Å²) in [5, 5.41) is 29.4. The third-order valence-electron chi connectivity index (χ3n) is 21.3. The van der Waals surface area contributed by atoms with Gasteiger partial charge in [0.15, 0.2) is 0 Å². The Bertz CT molecular complexity index is 5670. The van der Waals surface area contributed by atoms with Crippen molar-refractivity contribution in [2.24, 2.45) is 5.41 Å². The summed E-state index contributed by atoms with van der Waals surface area (Å²) in [5.74, 6) is 3.20. The molecule has 3 aliphatic rings. The van der Waals surface area contributed by atoms with Crippen molar-refractivity contribution in [3.63, 3.8) is 0 Å². The molecule has 0 spiro atoms. The first-order chi connectivity index (χ1) is 53.6. The Hall–Kier alpha value is -12.9. The zero-order valence-corrected chi connectivity index (χ0v) is 63.9. The van der Waals surface area contributed by atoms with Gasteiger partial charge in [0.2, 0.25) is 0 Å². The van der Waals surface area contributed by atoms with E-state index in [9.17, 15) is 10.5 Å². The number of fused-ring (bicyclic) bond motifs is 6. The fourth-order valence-corrected chi connectivity index (χ4v) is 17.0. The molecule has 0 fully saturated rings. The number of allylic oxidation sites excluding steroid dienone is 6. The number of benzene rings is 12. The molecule has 18 rings (SSSR count). The van der Waals surface area contributed by atoms with Crippen molar-refractivity contribution in [2.45, 2.75) is 72.1 Å². The van der Waals surface area contributed by atoms with Gasteiger partial charge in [0.05, 0.1) is 0 Å². The van der Waals surface area contributed by atoms with Gasteiger partial charge in [-0.2, -0.15) is 10.5 Å². The number of hydrogen-bond donors (Lipinski definition) is 0. The smallest absolute Gasteiger partial charge is 0.576 e. The van der Waals surface area contributed by atoms with Crippen LogP contribution in [0.15, 0.2) is 332 Å². The van der Waals surface area contributed by atoms with Crippen LogP contribution in [0, 0.1) is 28.1 Å². The summed E-state index contributed by atoms with van der Waals surface area (Å²) >= 11 is -2.86. The van der Waals surface area contributed by atoms with E-state index in [0.29, 0.717) is 28.6 Å². The zero-order chi connectivity index (χ0) is 75.5. The van der Waals surface area contributed by atoms with Crippen LogP contribution in [0.4, 0.5) is 5.69 Å². The van der Waals surface area contributed by atoms with Crippen LogP contribution >= 0.6 is 0 Å². The molecule has 3 aliphatic heterocycles. The van der Waals surface area contributed by atoms with E-state index in [1.54, 1.807) is 24.7 Å². The van der Waals surface area contributed by atoms with Crippen molar-refractivity contribution in [1.29, 1.82) is 10.5 Å². The maximum absolute atomic E-state index is 9.41. The number of nitrogens with zero attached hydrogens (tertiary/aromatic N) is 6. The molecule has 0 unspecified atom stereocenters. The number of aromatic nitrogens is 3. The fraction of sp³-hybridized carbons (Fsp3) is 0.141. The van der Waals surface area contributed by atoms with Gasteiger partial charge < -0.3 is 21.0 Å². The normalized spacial score (nSPS) is 14.0. The van der Waals surface area contributed by atoms with Crippen molar-refractivity contribution in [1.82, 2.24) is 15.0 Å². The van der Waals surface area contributed by atoms with Gasteiger partial charge in [-0.05, 0) is 184 Å². The van der Waals surface area contributed by atoms with Crippen LogP contribution in [0.3, 0.4) is 0 Å². The Kier molecular flexibility index (Phi) is 19.7. The Morgan fingerprint density at radius 3 is 1.13 bits per heavy atom. The van der Waals surface area contributed by atoms with Crippen LogP contribution in [0.25, 0.3) is 116 Å². The maximum Gasteiger partial charge on any atom is 1.20 e. The minimum absolute atomic E-state index is 0.0951. The van der Waals surface area contributed by atoms with E-state index >= 15 is 0 Å². The number of rotatable bonds is 12. The predicted octanol–water partition coefficient (Wildman–Crippen LogP) is 24.7. The van der Waals surface area contributed by atoms with Gasteiger partial charge >= 0.3 is 15.1 Å². The molecule has 15 aromatic rings. The van der Waals surface area contributed by atoms with Crippen molar-refractivity contribution < 1.29 is 16.1 Å². The molecule has 12 aromatic carbocycles. The number of para-hydroxylation sites is 3. The molecule has 0 atom stereocenters. The Morgan fingerprint density at radius 1 is 0.436 bits per heavy atom. The second-order valence-corrected chi connectivity index (χ2v) is 31.7. The van der Waals surface area contributed by atoms with Crippen molar-refractivity contribution in [2.75, 3.05) is 18.0 Å². The molecule has 3 aromatic heterocycles. The predicted molar refractivity (Wildman–Crippen MR) is 452 cm³/mol. The first kappa shape index (κ1) is 71.4. The third-order valence-corrected chi connectivity index (χ3v) is 22.7. The Morgan fingerprint density at radius 2 is 0.782 bits per heavy atom. The van der Waals surface area contributed by atoms with E-state index in [4.69, 9.17) is 16.1 Å². The molecule has 534 valence electrons. The first-order valence-corrected chi connectivity index (χ1v) is 39.0. The van der Waals surface area contributed by atoms with E-state index in [1.807, 2.05) is 115 Å². The average molecular weight is 1450 g/mol. The molecular formula is C99H81AlN6O4. The second-order valence-electron chi connectivity index (χ2n) is 30.5. The first-order valence-electron chi connectivity index (χ1n) is 37.5. The highest BCUT2D eigenvalue weighted by molar-refractivity contribution is 6.40. The lowest BCUT2D eigenvalue weighted by Gasteiger charge is -2.48. The highest BCUT2D eigenvalue weighted by Gasteiger charge is 2.46. The summed E-state index contributed by atoms with van der Waals surface area (Å²) in [4.78, 5) is 16.1. The van der Waals surface area contributed by atoms with Crippen LogP contribution in [0.2, 0.25) is 0 Å². The van der Waals surface area contributed by atoms with E-state index in [2.05, 4.69) is 256 Å². The lowest BCUT2D eigenvalue weighted by atomic mass is 9.69. The molecule has 0 amide bonds. The number of ether oxygens (including phenoxy) is 1. The summed E-state index contributed by atoms with van der Waals surface area (Å²) in [7, 11) is 0. The van der Waals surface area contributed by atoms with Crippen LogP contribution in [-0.4, -0.2) is 43.2 Å². The van der Waals surface area contributed by atoms with Crippen molar-refractivity contribution in [3.8, 4) is 73.9 Å². The SMILES string of the molecule is CC(C)(C)C1=CC(=C(C#N)C#N)C=C(/C=C/c2cc3c4c(c2)C(C)(C)CCN4CCC3(C)C)O1.c1ccc(-c2c3ccccc3c(-c3ccccc3)c3c(-c4ccccc4)c4ccccc4c(-c4ccccc4)c23)cc1.c1cnc2c([O][Al]([O]c3cccc4cccnc34)[O]c3cccc4cccnc34)cccc2c1. The third kappa shape index (κ3) is 14.3. The largest absolute Gasteiger partial charge is 1.20 e. The Balaban J connectivity index is 0.000000127. The zero-order valence-electron chi connectivity index (χ0n) is 62.7. The van der Waals surface area contributed by atoms with Crippen molar-refractivity contribution in [3.05, 3.63) is 349 Å².